The Morgan fingerprint density at radius 3 is 3.00 bits per heavy atom. The molecule has 4 N–H and O–H groups in total. The molecule has 0 bridgehead atoms. The van der Waals surface area contributed by atoms with Gasteiger partial charge in [-0.1, -0.05) is 19.1 Å². The van der Waals surface area contributed by atoms with E-state index in [1.54, 1.807) is 0 Å². The van der Waals surface area contributed by atoms with Crippen LogP contribution in [0.25, 0.3) is 0 Å². The van der Waals surface area contributed by atoms with E-state index in [1.807, 2.05) is 18.2 Å². The minimum Gasteiger partial charge on any atom is -0.491 e. The summed E-state index contributed by atoms with van der Waals surface area (Å²) in [6.45, 7) is 4.45. The number of rotatable bonds is 9. The normalized spacial score (nSPS) is 12.4. The Kier molecular flexibility index (Phi) is 7.41. The zero-order valence-corrected chi connectivity index (χ0v) is 11.1. The lowest BCUT2D eigenvalue weighted by molar-refractivity contribution is 0.106. The molecule has 0 heterocycles. The van der Waals surface area contributed by atoms with Gasteiger partial charge in [0.15, 0.2) is 0 Å². The van der Waals surface area contributed by atoms with Gasteiger partial charge in [-0.3, -0.25) is 0 Å². The van der Waals surface area contributed by atoms with Gasteiger partial charge in [0.2, 0.25) is 0 Å². The van der Waals surface area contributed by atoms with Crippen molar-refractivity contribution in [1.82, 2.24) is 5.32 Å². The van der Waals surface area contributed by atoms with E-state index in [0.717, 1.165) is 25.1 Å². The third-order valence-corrected chi connectivity index (χ3v) is 2.69. The molecule has 1 aromatic rings. The summed E-state index contributed by atoms with van der Waals surface area (Å²) < 4.78 is 5.55. The van der Waals surface area contributed by atoms with Crippen molar-refractivity contribution in [3.8, 4) is 5.75 Å². The second-order valence-electron chi connectivity index (χ2n) is 4.31. The molecular formula is C14H24N2O2. The number of aliphatic hydroxyl groups excluding tert-OH is 1. The molecule has 1 unspecified atom stereocenters. The van der Waals surface area contributed by atoms with E-state index in [-0.39, 0.29) is 0 Å². The first-order valence-electron chi connectivity index (χ1n) is 6.56. The van der Waals surface area contributed by atoms with Gasteiger partial charge < -0.3 is 20.9 Å². The summed E-state index contributed by atoms with van der Waals surface area (Å²) in [4.78, 5) is 0. The van der Waals surface area contributed by atoms with Crippen molar-refractivity contribution in [3.05, 3.63) is 29.8 Å². The third-order valence-electron chi connectivity index (χ3n) is 2.69. The quantitative estimate of drug-likeness (QED) is 0.572. The summed E-state index contributed by atoms with van der Waals surface area (Å²) in [5, 5.41) is 12.9. The molecule has 0 saturated heterocycles. The Morgan fingerprint density at radius 1 is 1.44 bits per heavy atom. The van der Waals surface area contributed by atoms with Crippen molar-refractivity contribution in [2.75, 3.05) is 26.2 Å². The molecule has 1 atom stereocenters. The van der Waals surface area contributed by atoms with E-state index in [4.69, 9.17) is 10.5 Å². The molecule has 0 spiro atoms. The molecule has 0 aliphatic carbocycles. The Balaban J connectivity index is 2.22. The summed E-state index contributed by atoms with van der Waals surface area (Å²) >= 11 is 0. The van der Waals surface area contributed by atoms with Crippen molar-refractivity contribution in [1.29, 1.82) is 0 Å². The second kappa shape index (κ2) is 8.91. The maximum atomic E-state index is 9.72. The molecular weight excluding hydrogens is 228 g/mol. The number of ether oxygens (including phenoxy) is 1. The maximum Gasteiger partial charge on any atom is 0.119 e. The molecule has 0 saturated carbocycles. The second-order valence-corrected chi connectivity index (χ2v) is 4.31. The average Bonchev–Trinajstić information content (AvgIpc) is 2.41. The van der Waals surface area contributed by atoms with Crippen molar-refractivity contribution >= 4 is 0 Å². The van der Waals surface area contributed by atoms with Crippen LogP contribution in [0.1, 0.15) is 18.9 Å². The fraction of sp³-hybridized carbons (Fsp3) is 0.571. The number of aliphatic hydroxyl groups is 1. The molecule has 18 heavy (non-hydrogen) atoms. The van der Waals surface area contributed by atoms with Gasteiger partial charge in [0.1, 0.15) is 18.5 Å². The topological polar surface area (TPSA) is 67.5 Å². The van der Waals surface area contributed by atoms with Gasteiger partial charge in [0, 0.05) is 6.54 Å². The van der Waals surface area contributed by atoms with Crippen LogP contribution < -0.4 is 15.8 Å². The van der Waals surface area contributed by atoms with Gasteiger partial charge in [-0.25, -0.2) is 0 Å². The molecule has 0 amide bonds. The molecule has 1 aromatic carbocycles. The smallest absolute Gasteiger partial charge is 0.119 e. The molecule has 0 aliphatic rings. The number of hydrogen-bond acceptors (Lipinski definition) is 4. The van der Waals surface area contributed by atoms with E-state index >= 15 is 0 Å². The van der Waals surface area contributed by atoms with E-state index < -0.39 is 6.10 Å². The predicted molar refractivity (Wildman–Crippen MR) is 73.9 cm³/mol. The maximum absolute atomic E-state index is 9.72. The SMILES string of the molecule is CCc1cccc(OCC(O)CNCCCN)c1. The standard InChI is InChI=1S/C14H24N2O2/c1-2-12-5-3-6-14(9-12)18-11-13(17)10-16-8-4-7-15/h3,5-6,9,13,16-17H,2,4,7-8,10-11,15H2,1H3. The van der Waals surface area contributed by atoms with Crippen LogP contribution in [0.3, 0.4) is 0 Å². The monoisotopic (exact) mass is 252 g/mol. The van der Waals surface area contributed by atoms with Crippen LogP contribution in [0.4, 0.5) is 0 Å². The minimum atomic E-state index is -0.493. The molecule has 4 heteroatoms. The van der Waals surface area contributed by atoms with Gasteiger partial charge in [-0.2, -0.15) is 0 Å². The average molecular weight is 252 g/mol. The first-order chi connectivity index (χ1) is 8.76. The number of benzene rings is 1. The Morgan fingerprint density at radius 2 is 2.28 bits per heavy atom. The molecule has 1 rings (SSSR count). The highest BCUT2D eigenvalue weighted by molar-refractivity contribution is 5.28. The fourth-order valence-corrected chi connectivity index (χ4v) is 1.60. The van der Waals surface area contributed by atoms with E-state index in [2.05, 4.69) is 18.3 Å². The third kappa shape index (κ3) is 6.00. The van der Waals surface area contributed by atoms with Crippen LogP contribution in [-0.2, 0) is 6.42 Å². The largest absolute Gasteiger partial charge is 0.491 e. The van der Waals surface area contributed by atoms with Gasteiger partial charge >= 0.3 is 0 Å². The lowest BCUT2D eigenvalue weighted by atomic mass is 10.2. The Labute approximate surface area is 109 Å². The summed E-state index contributed by atoms with van der Waals surface area (Å²) in [6.07, 6.45) is 1.42. The summed E-state index contributed by atoms with van der Waals surface area (Å²) in [5.41, 5.74) is 6.62. The first kappa shape index (κ1) is 15.0. The summed E-state index contributed by atoms with van der Waals surface area (Å²) in [6, 6.07) is 7.96. The summed E-state index contributed by atoms with van der Waals surface area (Å²) in [7, 11) is 0. The van der Waals surface area contributed by atoms with E-state index in [0.29, 0.717) is 19.7 Å². The molecule has 102 valence electrons. The van der Waals surface area contributed by atoms with Crippen molar-refractivity contribution in [3.63, 3.8) is 0 Å². The van der Waals surface area contributed by atoms with Gasteiger partial charge in [-0.15, -0.1) is 0 Å². The minimum absolute atomic E-state index is 0.308. The van der Waals surface area contributed by atoms with Crippen molar-refractivity contribution in [2.24, 2.45) is 5.73 Å². The molecule has 4 nitrogen and oxygen atoms in total. The fourth-order valence-electron chi connectivity index (χ4n) is 1.60. The number of hydrogen-bond donors (Lipinski definition) is 3. The summed E-state index contributed by atoms with van der Waals surface area (Å²) in [5.74, 6) is 0.815. The van der Waals surface area contributed by atoms with Crippen molar-refractivity contribution in [2.45, 2.75) is 25.9 Å². The molecule has 0 fully saturated rings. The number of aryl methyl sites for hydroxylation is 1. The van der Waals surface area contributed by atoms with Gasteiger partial charge in [-0.05, 0) is 43.6 Å². The van der Waals surface area contributed by atoms with Crippen LogP contribution in [-0.4, -0.2) is 37.5 Å². The zero-order valence-electron chi connectivity index (χ0n) is 11.1. The molecule has 0 radical (unpaired) electrons. The highest BCUT2D eigenvalue weighted by Crippen LogP contribution is 2.13. The highest BCUT2D eigenvalue weighted by atomic mass is 16.5. The number of nitrogens with one attached hydrogen (secondary N) is 1. The van der Waals surface area contributed by atoms with Crippen LogP contribution in [0, 0.1) is 0 Å². The lowest BCUT2D eigenvalue weighted by Crippen LogP contribution is -2.32. The Hall–Kier alpha value is -1.10. The highest BCUT2D eigenvalue weighted by Gasteiger charge is 2.04. The van der Waals surface area contributed by atoms with Crippen LogP contribution in [0.2, 0.25) is 0 Å². The first-order valence-corrected chi connectivity index (χ1v) is 6.56. The molecule has 0 aliphatic heterocycles. The predicted octanol–water partition coefficient (Wildman–Crippen LogP) is 0.927. The zero-order chi connectivity index (χ0) is 13.2. The van der Waals surface area contributed by atoms with Crippen LogP contribution in [0.15, 0.2) is 24.3 Å². The Bertz CT molecular complexity index is 331. The number of nitrogens with two attached hydrogens (primary N) is 1. The van der Waals surface area contributed by atoms with Crippen LogP contribution in [0.5, 0.6) is 5.75 Å². The van der Waals surface area contributed by atoms with E-state index in [9.17, 15) is 5.11 Å². The van der Waals surface area contributed by atoms with E-state index in [1.165, 1.54) is 5.56 Å². The van der Waals surface area contributed by atoms with Gasteiger partial charge in [0.25, 0.3) is 0 Å². The van der Waals surface area contributed by atoms with Crippen LogP contribution >= 0.6 is 0 Å². The molecule has 0 aromatic heterocycles. The van der Waals surface area contributed by atoms with Gasteiger partial charge in [0.05, 0.1) is 0 Å². The van der Waals surface area contributed by atoms with Crippen molar-refractivity contribution < 1.29 is 9.84 Å². The lowest BCUT2D eigenvalue weighted by Gasteiger charge is -2.13.